The Labute approximate surface area is 117 Å². The zero-order chi connectivity index (χ0) is 14.5. The summed E-state index contributed by atoms with van der Waals surface area (Å²) in [5.41, 5.74) is 0.479. The molecule has 0 aromatic carbocycles. The van der Waals surface area contributed by atoms with E-state index in [1.54, 1.807) is 11.8 Å². The lowest BCUT2D eigenvalue weighted by molar-refractivity contribution is 0.0843. The molecule has 20 heavy (non-hydrogen) atoms. The molecule has 3 N–H and O–H groups in total. The average molecular weight is 280 g/mol. The first-order chi connectivity index (χ1) is 9.54. The molecule has 0 bridgehead atoms. The highest BCUT2D eigenvalue weighted by Crippen LogP contribution is 2.09. The fourth-order valence-corrected chi connectivity index (χ4v) is 2.30. The second kappa shape index (κ2) is 6.51. The Hall–Kier alpha value is -1.89. The van der Waals surface area contributed by atoms with Crippen molar-refractivity contribution in [3.8, 4) is 0 Å². The van der Waals surface area contributed by atoms with Crippen LogP contribution in [-0.2, 0) is 6.42 Å². The van der Waals surface area contributed by atoms with E-state index in [1.165, 1.54) is 6.07 Å². The number of β-amino-alcohol motifs (C(OH)–C–C–N with tert-alkyl or cyclic N) is 1. The molecule has 7 heteroatoms. The molecule has 1 atom stereocenters. The highest BCUT2D eigenvalue weighted by atomic mass is 16.3. The minimum atomic E-state index is -0.427. The van der Waals surface area contributed by atoms with Crippen LogP contribution < -0.4 is 10.9 Å². The highest BCUT2D eigenvalue weighted by Gasteiger charge is 2.21. The maximum atomic E-state index is 11.9. The third-order valence-electron chi connectivity index (χ3n) is 3.24. The maximum absolute atomic E-state index is 11.9. The summed E-state index contributed by atoms with van der Waals surface area (Å²) < 4.78 is 0. The normalized spacial score (nSPS) is 18.9. The second-order valence-corrected chi connectivity index (χ2v) is 5.06. The summed E-state index contributed by atoms with van der Waals surface area (Å²) in [6, 6.07) is 1.25. The number of urea groups is 1. The van der Waals surface area contributed by atoms with Gasteiger partial charge >= 0.3 is 6.03 Å². The average Bonchev–Trinajstić information content (AvgIpc) is 2.37. The van der Waals surface area contributed by atoms with Crippen LogP contribution in [0.2, 0.25) is 0 Å². The SMILES string of the molecule is Cc1cc(=O)[nH]c(CCNC(=O)N2CCCC(O)C2)n1. The number of rotatable bonds is 3. The summed E-state index contributed by atoms with van der Waals surface area (Å²) in [7, 11) is 0. The molecule has 0 radical (unpaired) electrons. The Morgan fingerprint density at radius 1 is 1.65 bits per heavy atom. The van der Waals surface area contributed by atoms with Gasteiger partial charge in [-0.3, -0.25) is 4.79 Å². The molecular formula is C13H20N4O3. The fourth-order valence-electron chi connectivity index (χ4n) is 2.30. The molecule has 1 unspecified atom stereocenters. The molecule has 0 spiro atoms. The van der Waals surface area contributed by atoms with Gasteiger partial charge in [0.2, 0.25) is 0 Å². The topological polar surface area (TPSA) is 98.3 Å². The van der Waals surface area contributed by atoms with Crippen LogP contribution in [0, 0.1) is 6.92 Å². The summed E-state index contributed by atoms with van der Waals surface area (Å²) >= 11 is 0. The van der Waals surface area contributed by atoms with E-state index in [9.17, 15) is 14.7 Å². The minimum absolute atomic E-state index is 0.182. The van der Waals surface area contributed by atoms with Crippen LogP contribution in [0.5, 0.6) is 0 Å². The fraction of sp³-hybridized carbons (Fsp3) is 0.615. The van der Waals surface area contributed by atoms with Crippen molar-refractivity contribution >= 4 is 6.03 Å². The van der Waals surface area contributed by atoms with Gasteiger partial charge in [-0.1, -0.05) is 0 Å². The van der Waals surface area contributed by atoms with Crippen molar-refractivity contribution in [3.63, 3.8) is 0 Å². The molecule has 1 aliphatic rings. The van der Waals surface area contributed by atoms with Crippen LogP contribution in [0.25, 0.3) is 0 Å². The summed E-state index contributed by atoms with van der Waals surface area (Å²) in [6.07, 6.45) is 1.61. The number of aliphatic hydroxyl groups excluding tert-OH is 1. The second-order valence-electron chi connectivity index (χ2n) is 5.06. The third kappa shape index (κ3) is 4.06. The quantitative estimate of drug-likeness (QED) is 0.713. The number of hydrogen-bond acceptors (Lipinski definition) is 4. The van der Waals surface area contributed by atoms with Gasteiger partial charge in [-0.2, -0.15) is 0 Å². The smallest absolute Gasteiger partial charge is 0.317 e. The van der Waals surface area contributed by atoms with Gasteiger partial charge in [-0.25, -0.2) is 9.78 Å². The first-order valence-electron chi connectivity index (χ1n) is 6.82. The Morgan fingerprint density at radius 2 is 2.45 bits per heavy atom. The largest absolute Gasteiger partial charge is 0.391 e. The molecule has 1 fully saturated rings. The molecule has 7 nitrogen and oxygen atoms in total. The molecule has 1 aromatic heterocycles. The summed E-state index contributed by atoms with van der Waals surface area (Å²) in [4.78, 5) is 31.6. The van der Waals surface area contributed by atoms with E-state index in [1.807, 2.05) is 0 Å². The lowest BCUT2D eigenvalue weighted by atomic mass is 10.1. The van der Waals surface area contributed by atoms with Crippen LogP contribution >= 0.6 is 0 Å². The summed E-state index contributed by atoms with van der Waals surface area (Å²) in [6.45, 7) is 3.21. The number of carbonyl (C=O) groups excluding carboxylic acids is 1. The van der Waals surface area contributed by atoms with Crippen molar-refractivity contribution in [2.45, 2.75) is 32.3 Å². The number of carbonyl (C=O) groups is 1. The third-order valence-corrected chi connectivity index (χ3v) is 3.24. The minimum Gasteiger partial charge on any atom is -0.391 e. The monoisotopic (exact) mass is 280 g/mol. The van der Waals surface area contributed by atoms with Gasteiger partial charge in [-0.15, -0.1) is 0 Å². The standard InChI is InChI=1S/C13H20N4O3/c1-9-7-12(19)16-11(15-9)4-5-14-13(20)17-6-2-3-10(18)8-17/h7,10,18H,2-6,8H2,1H3,(H,14,20)(H,15,16,19). The molecule has 2 amide bonds. The van der Waals surface area contributed by atoms with Gasteiger partial charge < -0.3 is 20.3 Å². The molecule has 1 aliphatic heterocycles. The number of aromatic amines is 1. The van der Waals surface area contributed by atoms with Crippen molar-refractivity contribution < 1.29 is 9.90 Å². The Bertz CT molecular complexity index is 529. The van der Waals surface area contributed by atoms with Gasteiger partial charge in [0.15, 0.2) is 0 Å². The number of piperidine rings is 1. The van der Waals surface area contributed by atoms with Gasteiger partial charge in [0.05, 0.1) is 6.10 Å². The van der Waals surface area contributed by atoms with E-state index < -0.39 is 6.10 Å². The number of H-pyrrole nitrogens is 1. The van der Waals surface area contributed by atoms with Crippen LogP contribution in [-0.4, -0.2) is 51.7 Å². The van der Waals surface area contributed by atoms with Crippen molar-refractivity contribution in [1.29, 1.82) is 0 Å². The Morgan fingerprint density at radius 3 is 3.15 bits per heavy atom. The molecule has 2 rings (SSSR count). The molecule has 110 valence electrons. The number of aromatic nitrogens is 2. The number of amides is 2. The highest BCUT2D eigenvalue weighted by molar-refractivity contribution is 5.74. The Balaban J connectivity index is 1.80. The number of nitrogens with zero attached hydrogens (tertiary/aromatic N) is 2. The number of nitrogens with one attached hydrogen (secondary N) is 2. The van der Waals surface area contributed by atoms with E-state index in [0.29, 0.717) is 37.6 Å². The number of aryl methyl sites for hydroxylation is 1. The predicted molar refractivity (Wildman–Crippen MR) is 73.5 cm³/mol. The lowest BCUT2D eigenvalue weighted by Gasteiger charge is -2.30. The molecule has 0 saturated carbocycles. The first-order valence-corrected chi connectivity index (χ1v) is 6.82. The van der Waals surface area contributed by atoms with E-state index >= 15 is 0 Å². The number of hydrogen-bond donors (Lipinski definition) is 3. The zero-order valence-electron chi connectivity index (χ0n) is 11.6. The van der Waals surface area contributed by atoms with Crippen LogP contribution in [0.3, 0.4) is 0 Å². The Kier molecular flexibility index (Phi) is 4.73. The van der Waals surface area contributed by atoms with E-state index in [4.69, 9.17) is 0 Å². The molecular weight excluding hydrogens is 260 g/mol. The number of likely N-dealkylation sites (tertiary alicyclic amines) is 1. The van der Waals surface area contributed by atoms with Gasteiger partial charge in [0.25, 0.3) is 5.56 Å². The van der Waals surface area contributed by atoms with Gasteiger partial charge in [0, 0.05) is 37.8 Å². The van der Waals surface area contributed by atoms with Gasteiger partial charge in [0.1, 0.15) is 5.82 Å². The first kappa shape index (κ1) is 14.5. The van der Waals surface area contributed by atoms with Gasteiger partial charge in [-0.05, 0) is 19.8 Å². The summed E-state index contributed by atoms with van der Waals surface area (Å²) in [5.74, 6) is 0.564. The lowest BCUT2D eigenvalue weighted by Crippen LogP contribution is -2.47. The van der Waals surface area contributed by atoms with Crippen LogP contribution in [0.4, 0.5) is 4.79 Å². The van der Waals surface area contributed by atoms with E-state index in [-0.39, 0.29) is 11.6 Å². The van der Waals surface area contributed by atoms with Crippen molar-refractivity contribution in [2.24, 2.45) is 0 Å². The van der Waals surface area contributed by atoms with Crippen LogP contribution in [0.15, 0.2) is 10.9 Å². The summed E-state index contributed by atoms with van der Waals surface area (Å²) in [5, 5.41) is 12.3. The van der Waals surface area contributed by atoms with Crippen LogP contribution in [0.1, 0.15) is 24.4 Å². The van der Waals surface area contributed by atoms with E-state index in [0.717, 1.165) is 12.8 Å². The maximum Gasteiger partial charge on any atom is 0.317 e. The molecule has 1 aromatic rings. The van der Waals surface area contributed by atoms with Crippen molar-refractivity contribution in [3.05, 3.63) is 27.9 Å². The predicted octanol–water partition coefficient (Wildman–Crippen LogP) is -0.213. The van der Waals surface area contributed by atoms with Crippen molar-refractivity contribution in [1.82, 2.24) is 20.2 Å². The van der Waals surface area contributed by atoms with Crippen molar-refractivity contribution in [2.75, 3.05) is 19.6 Å². The number of aliphatic hydroxyl groups is 1. The molecule has 0 aliphatic carbocycles. The zero-order valence-corrected chi connectivity index (χ0v) is 11.6. The molecule has 1 saturated heterocycles. The van der Waals surface area contributed by atoms with E-state index in [2.05, 4.69) is 15.3 Å². The molecule has 2 heterocycles.